The third-order valence-corrected chi connectivity index (χ3v) is 5.76. The van der Waals surface area contributed by atoms with Crippen molar-refractivity contribution in [3.63, 3.8) is 0 Å². The fourth-order valence-corrected chi connectivity index (χ4v) is 3.93. The number of aromatic nitrogens is 2. The van der Waals surface area contributed by atoms with Gasteiger partial charge in [-0.15, -0.1) is 11.3 Å². The summed E-state index contributed by atoms with van der Waals surface area (Å²) in [5.74, 6) is -0.559. The van der Waals surface area contributed by atoms with Crippen LogP contribution in [0.3, 0.4) is 0 Å². The van der Waals surface area contributed by atoms with Crippen LogP contribution in [0.25, 0.3) is 0 Å². The molecule has 0 aliphatic heterocycles. The van der Waals surface area contributed by atoms with E-state index < -0.39 is 17.8 Å². The Bertz CT molecular complexity index is 1150. The van der Waals surface area contributed by atoms with Crippen LogP contribution < -0.4 is 20.5 Å². The average Bonchev–Trinajstić information content (AvgIpc) is 3.41. The van der Waals surface area contributed by atoms with Crippen LogP contribution in [0.2, 0.25) is 0 Å². The van der Waals surface area contributed by atoms with E-state index in [0.717, 1.165) is 11.3 Å². The standard InChI is InChI=1S/C22H24N4O6S/c1-4-11-31-22(29)17-13(2)18(19(23)27)33-21(17)24-20(28)16-9-10-26(25-16)12-32-15-7-5-14(30-3)6-8-15/h5-10H,4,11-12H2,1-3H3,(H2,23,27)(H,24,28). The predicted octanol–water partition coefficient (Wildman–Crippen LogP) is 3.22. The highest BCUT2D eigenvalue weighted by Crippen LogP contribution is 2.33. The largest absolute Gasteiger partial charge is 0.497 e. The number of rotatable bonds is 10. The number of hydrogen-bond donors (Lipinski definition) is 2. The van der Waals surface area contributed by atoms with Crippen LogP contribution in [-0.4, -0.2) is 41.3 Å². The van der Waals surface area contributed by atoms with E-state index in [1.807, 2.05) is 6.92 Å². The average molecular weight is 473 g/mol. The highest BCUT2D eigenvalue weighted by atomic mass is 32.1. The van der Waals surface area contributed by atoms with Crippen molar-refractivity contribution >= 4 is 34.1 Å². The summed E-state index contributed by atoms with van der Waals surface area (Å²) in [6.45, 7) is 3.74. The van der Waals surface area contributed by atoms with Crippen molar-refractivity contribution in [1.82, 2.24) is 9.78 Å². The highest BCUT2D eigenvalue weighted by Gasteiger charge is 2.26. The summed E-state index contributed by atoms with van der Waals surface area (Å²) in [4.78, 5) is 37.2. The molecule has 3 rings (SSSR count). The molecule has 3 N–H and O–H groups in total. The van der Waals surface area contributed by atoms with Crippen LogP contribution >= 0.6 is 11.3 Å². The number of benzene rings is 1. The Hall–Kier alpha value is -3.86. The fourth-order valence-electron chi connectivity index (χ4n) is 2.88. The third-order valence-electron chi connectivity index (χ3n) is 4.54. The number of carbonyl (C=O) groups is 3. The van der Waals surface area contributed by atoms with Crippen molar-refractivity contribution in [3.05, 3.63) is 58.2 Å². The molecule has 2 aromatic heterocycles. The molecule has 0 fully saturated rings. The summed E-state index contributed by atoms with van der Waals surface area (Å²) < 4.78 is 17.4. The molecule has 0 aliphatic carbocycles. The van der Waals surface area contributed by atoms with Gasteiger partial charge in [0.05, 0.1) is 24.2 Å². The van der Waals surface area contributed by atoms with Crippen molar-refractivity contribution in [2.24, 2.45) is 5.73 Å². The lowest BCUT2D eigenvalue weighted by molar-refractivity contribution is 0.0506. The second kappa shape index (κ2) is 10.6. The zero-order chi connectivity index (χ0) is 24.0. The molecule has 0 atom stereocenters. The molecule has 0 saturated carbocycles. The summed E-state index contributed by atoms with van der Waals surface area (Å²) >= 11 is 0.919. The Kier molecular flexibility index (Phi) is 7.67. The van der Waals surface area contributed by atoms with Crippen molar-refractivity contribution in [2.45, 2.75) is 27.0 Å². The molecule has 10 nitrogen and oxygen atoms in total. The summed E-state index contributed by atoms with van der Waals surface area (Å²) in [5, 5.41) is 7.01. The smallest absolute Gasteiger partial charge is 0.341 e. The number of nitrogens with zero attached hydrogens (tertiary/aromatic N) is 2. The van der Waals surface area contributed by atoms with Gasteiger partial charge in [0, 0.05) is 6.20 Å². The van der Waals surface area contributed by atoms with E-state index in [-0.39, 0.29) is 34.5 Å². The highest BCUT2D eigenvalue weighted by molar-refractivity contribution is 7.18. The van der Waals surface area contributed by atoms with Crippen molar-refractivity contribution in [3.8, 4) is 11.5 Å². The molecule has 0 radical (unpaired) electrons. The maximum atomic E-state index is 12.7. The van der Waals surface area contributed by atoms with Crippen LogP contribution in [-0.2, 0) is 11.5 Å². The van der Waals surface area contributed by atoms with Crippen molar-refractivity contribution < 1.29 is 28.6 Å². The molecule has 0 unspecified atom stereocenters. The van der Waals surface area contributed by atoms with Gasteiger partial charge in [0.1, 0.15) is 16.5 Å². The first kappa shape index (κ1) is 23.8. The van der Waals surface area contributed by atoms with Gasteiger partial charge in [-0.3, -0.25) is 9.59 Å². The lowest BCUT2D eigenvalue weighted by atomic mass is 10.1. The van der Waals surface area contributed by atoms with Gasteiger partial charge in [0.25, 0.3) is 11.8 Å². The van der Waals surface area contributed by atoms with E-state index in [1.54, 1.807) is 44.5 Å². The molecule has 0 aliphatic rings. The van der Waals surface area contributed by atoms with Crippen LogP contribution in [0, 0.1) is 6.92 Å². The van der Waals surface area contributed by atoms with Gasteiger partial charge < -0.3 is 25.3 Å². The number of nitrogens with one attached hydrogen (secondary N) is 1. The Labute approximate surface area is 194 Å². The zero-order valence-corrected chi connectivity index (χ0v) is 19.2. The van der Waals surface area contributed by atoms with Gasteiger partial charge >= 0.3 is 5.97 Å². The van der Waals surface area contributed by atoms with Crippen molar-refractivity contribution in [2.75, 3.05) is 19.0 Å². The Morgan fingerprint density at radius 3 is 2.48 bits per heavy atom. The summed E-state index contributed by atoms with van der Waals surface area (Å²) in [5.41, 5.74) is 5.99. The van der Waals surface area contributed by atoms with E-state index in [1.165, 1.54) is 10.7 Å². The fraction of sp³-hybridized carbons (Fsp3) is 0.273. The maximum absolute atomic E-state index is 12.7. The quantitative estimate of drug-likeness (QED) is 0.433. The van der Waals surface area contributed by atoms with Gasteiger partial charge in [0.2, 0.25) is 0 Å². The SMILES string of the molecule is CCCOC(=O)c1c(NC(=O)c2ccn(COc3ccc(OC)cc3)n2)sc(C(N)=O)c1C. The van der Waals surface area contributed by atoms with Crippen molar-refractivity contribution in [1.29, 1.82) is 0 Å². The second-order valence-electron chi connectivity index (χ2n) is 6.90. The van der Waals surface area contributed by atoms with Crippen LogP contribution in [0.5, 0.6) is 11.5 Å². The van der Waals surface area contributed by atoms with Gasteiger partial charge in [-0.2, -0.15) is 5.10 Å². The molecule has 0 spiro atoms. The molecule has 11 heteroatoms. The number of amides is 2. The van der Waals surface area contributed by atoms with E-state index in [9.17, 15) is 14.4 Å². The summed E-state index contributed by atoms with van der Waals surface area (Å²) in [7, 11) is 1.58. The summed E-state index contributed by atoms with van der Waals surface area (Å²) in [6, 6.07) is 8.56. The molecule has 1 aromatic carbocycles. The molecule has 2 heterocycles. The molecule has 174 valence electrons. The van der Waals surface area contributed by atoms with Crippen LogP contribution in [0.1, 0.15) is 49.4 Å². The van der Waals surface area contributed by atoms with E-state index in [4.69, 9.17) is 19.9 Å². The lowest BCUT2D eigenvalue weighted by Gasteiger charge is -2.07. The third kappa shape index (κ3) is 5.69. The molecule has 0 bridgehead atoms. The van der Waals surface area contributed by atoms with E-state index in [2.05, 4.69) is 10.4 Å². The minimum atomic E-state index is -0.692. The minimum Gasteiger partial charge on any atom is -0.497 e. The van der Waals surface area contributed by atoms with Crippen LogP contribution in [0.4, 0.5) is 5.00 Å². The van der Waals surface area contributed by atoms with E-state index >= 15 is 0 Å². The molecule has 33 heavy (non-hydrogen) atoms. The Balaban J connectivity index is 1.72. The maximum Gasteiger partial charge on any atom is 0.341 e. The number of esters is 1. The van der Waals surface area contributed by atoms with Gasteiger partial charge in [-0.25, -0.2) is 9.48 Å². The van der Waals surface area contributed by atoms with E-state index in [0.29, 0.717) is 23.5 Å². The first-order valence-electron chi connectivity index (χ1n) is 10.1. The zero-order valence-electron chi connectivity index (χ0n) is 18.4. The minimum absolute atomic E-state index is 0.0815. The second-order valence-corrected chi connectivity index (χ2v) is 7.92. The van der Waals surface area contributed by atoms with Gasteiger partial charge in [-0.1, -0.05) is 6.92 Å². The monoisotopic (exact) mass is 472 g/mol. The van der Waals surface area contributed by atoms with Gasteiger partial charge in [-0.05, 0) is 49.2 Å². The number of nitrogens with two attached hydrogens (primary N) is 1. The molecule has 0 saturated heterocycles. The first-order chi connectivity index (χ1) is 15.8. The number of ether oxygens (including phenoxy) is 3. The lowest BCUT2D eigenvalue weighted by Crippen LogP contribution is -2.16. The Morgan fingerprint density at radius 2 is 1.85 bits per heavy atom. The number of methoxy groups -OCH3 is 1. The number of anilines is 1. The normalized spacial score (nSPS) is 10.5. The Morgan fingerprint density at radius 1 is 1.15 bits per heavy atom. The van der Waals surface area contributed by atoms with Gasteiger partial charge in [0.15, 0.2) is 12.4 Å². The molecular formula is C22H24N4O6S. The molecular weight excluding hydrogens is 448 g/mol. The first-order valence-corrected chi connectivity index (χ1v) is 10.9. The molecule has 3 aromatic rings. The topological polar surface area (TPSA) is 135 Å². The number of thiophene rings is 1. The molecule has 2 amide bonds. The summed E-state index contributed by atoms with van der Waals surface area (Å²) in [6.07, 6.45) is 2.22. The number of carbonyl (C=O) groups excluding carboxylic acids is 3. The predicted molar refractivity (Wildman–Crippen MR) is 122 cm³/mol. The van der Waals surface area contributed by atoms with Crippen LogP contribution in [0.15, 0.2) is 36.5 Å². The number of hydrogen-bond acceptors (Lipinski definition) is 8. The number of primary amides is 1.